The van der Waals surface area contributed by atoms with E-state index in [1.165, 1.54) is 23.9 Å². The lowest BCUT2D eigenvalue weighted by Crippen LogP contribution is -2.31. The second kappa shape index (κ2) is 6.44. The maximum Gasteiger partial charge on any atom is 0.416 e. The van der Waals surface area contributed by atoms with Crippen LogP contribution in [0, 0.1) is 0 Å². The van der Waals surface area contributed by atoms with Crippen molar-refractivity contribution in [1.82, 2.24) is 0 Å². The number of rotatable bonds is 3. The molecule has 0 unspecified atom stereocenters. The van der Waals surface area contributed by atoms with Crippen LogP contribution in [-0.2, 0) is 15.8 Å². The third-order valence-corrected chi connectivity index (χ3v) is 4.85. The molecule has 1 heterocycles. The Balaban J connectivity index is 1.84. The van der Waals surface area contributed by atoms with Gasteiger partial charge in [0.2, 0.25) is 11.8 Å². The van der Waals surface area contributed by atoms with Gasteiger partial charge in [0.25, 0.3) is 0 Å². The van der Waals surface area contributed by atoms with E-state index in [2.05, 4.69) is 0 Å². The van der Waals surface area contributed by atoms with Crippen LogP contribution < -0.4 is 10.6 Å². The Hall–Kier alpha value is -2.48. The van der Waals surface area contributed by atoms with E-state index < -0.39 is 28.8 Å². The molecule has 2 amide bonds. The van der Waals surface area contributed by atoms with Crippen molar-refractivity contribution in [1.29, 1.82) is 0 Å². The van der Waals surface area contributed by atoms with Gasteiger partial charge >= 0.3 is 6.18 Å². The molecule has 0 aliphatic carbocycles. The summed E-state index contributed by atoms with van der Waals surface area (Å²) in [5, 5.41) is -0.691. The van der Waals surface area contributed by atoms with Gasteiger partial charge in [-0.05, 0) is 36.4 Å². The Labute approximate surface area is 145 Å². The summed E-state index contributed by atoms with van der Waals surface area (Å²) in [6.45, 7) is 0. The number of hydrogen-bond acceptors (Lipinski definition) is 4. The van der Waals surface area contributed by atoms with Crippen molar-refractivity contribution in [3.05, 3.63) is 54.1 Å². The van der Waals surface area contributed by atoms with E-state index in [1.807, 2.05) is 0 Å². The molecular formula is C17H13F3N2O2S. The second-order valence-electron chi connectivity index (χ2n) is 5.50. The molecule has 1 aliphatic heterocycles. The molecule has 0 spiro atoms. The number of amides is 2. The summed E-state index contributed by atoms with van der Waals surface area (Å²) in [6.07, 6.45) is -4.62. The van der Waals surface area contributed by atoms with Crippen LogP contribution in [0.2, 0.25) is 0 Å². The first-order valence-electron chi connectivity index (χ1n) is 7.32. The number of thioether (sulfide) groups is 1. The van der Waals surface area contributed by atoms with Crippen LogP contribution in [0.1, 0.15) is 12.0 Å². The Morgan fingerprint density at radius 2 is 1.80 bits per heavy atom. The predicted molar refractivity (Wildman–Crippen MR) is 89.1 cm³/mol. The largest absolute Gasteiger partial charge is 0.416 e. The Bertz CT molecular complexity index is 839. The molecule has 8 heteroatoms. The first kappa shape index (κ1) is 17.3. The van der Waals surface area contributed by atoms with Gasteiger partial charge in [0.05, 0.1) is 16.5 Å². The molecule has 0 saturated carbocycles. The molecule has 3 rings (SSSR count). The summed E-state index contributed by atoms with van der Waals surface area (Å²) in [7, 11) is 0. The number of carbonyl (C=O) groups excluding carboxylic acids is 2. The smallest absolute Gasteiger partial charge is 0.399 e. The molecular weight excluding hydrogens is 353 g/mol. The fourth-order valence-corrected chi connectivity index (χ4v) is 3.66. The lowest BCUT2D eigenvalue weighted by Gasteiger charge is -2.17. The zero-order valence-corrected chi connectivity index (χ0v) is 13.6. The number of imide groups is 1. The van der Waals surface area contributed by atoms with Crippen LogP contribution in [0.3, 0.4) is 0 Å². The number of hydrogen-bond donors (Lipinski definition) is 1. The first-order chi connectivity index (χ1) is 11.8. The van der Waals surface area contributed by atoms with Crippen molar-refractivity contribution >= 4 is 35.0 Å². The Kier molecular flexibility index (Phi) is 4.47. The minimum Gasteiger partial charge on any atom is -0.399 e. The van der Waals surface area contributed by atoms with Gasteiger partial charge in [0.1, 0.15) is 0 Å². The van der Waals surface area contributed by atoms with Crippen LogP contribution in [0.4, 0.5) is 24.5 Å². The summed E-state index contributed by atoms with van der Waals surface area (Å²) in [5.74, 6) is -1.05. The monoisotopic (exact) mass is 366 g/mol. The molecule has 25 heavy (non-hydrogen) atoms. The third kappa shape index (κ3) is 3.63. The molecule has 2 aromatic rings. The summed E-state index contributed by atoms with van der Waals surface area (Å²) in [4.78, 5) is 26.3. The third-order valence-electron chi connectivity index (χ3n) is 3.67. The molecule has 1 saturated heterocycles. The van der Waals surface area contributed by atoms with E-state index in [0.717, 1.165) is 21.9 Å². The van der Waals surface area contributed by atoms with Gasteiger partial charge < -0.3 is 5.73 Å². The van der Waals surface area contributed by atoms with Gasteiger partial charge in [-0.25, -0.2) is 4.90 Å². The Morgan fingerprint density at radius 1 is 1.08 bits per heavy atom. The minimum atomic E-state index is -4.54. The number of nitrogen functional groups attached to an aromatic ring is 1. The zero-order valence-electron chi connectivity index (χ0n) is 12.8. The van der Waals surface area contributed by atoms with Gasteiger partial charge in [0, 0.05) is 17.0 Å². The number of carbonyl (C=O) groups is 2. The lowest BCUT2D eigenvalue weighted by molar-refractivity contribution is -0.137. The average molecular weight is 366 g/mol. The van der Waals surface area contributed by atoms with Crippen LogP contribution >= 0.6 is 11.8 Å². The molecule has 130 valence electrons. The van der Waals surface area contributed by atoms with Crippen molar-refractivity contribution in [3.8, 4) is 0 Å². The standard InChI is InChI=1S/C17H13F3N2O2S/c18-17(19,20)10-3-1-5-12(7-10)22-15(23)9-14(16(22)24)25-13-6-2-4-11(21)8-13/h1-8,14H,9,21H2/t14-/m1/s1. The van der Waals surface area contributed by atoms with Gasteiger partial charge in [-0.1, -0.05) is 12.1 Å². The van der Waals surface area contributed by atoms with E-state index in [0.29, 0.717) is 5.69 Å². The highest BCUT2D eigenvalue weighted by Gasteiger charge is 2.41. The van der Waals surface area contributed by atoms with Crippen LogP contribution in [0.15, 0.2) is 53.4 Å². The van der Waals surface area contributed by atoms with Crippen LogP contribution in [0.25, 0.3) is 0 Å². The van der Waals surface area contributed by atoms with E-state index in [9.17, 15) is 22.8 Å². The van der Waals surface area contributed by atoms with Gasteiger partial charge in [-0.2, -0.15) is 13.2 Å². The number of nitrogens with zero attached hydrogens (tertiary/aromatic N) is 1. The number of halogens is 3. The molecule has 2 aromatic carbocycles. The fraction of sp³-hybridized carbons (Fsp3) is 0.176. The molecule has 1 fully saturated rings. The number of benzene rings is 2. The SMILES string of the molecule is Nc1cccc(S[C@@H]2CC(=O)N(c3cccc(C(F)(F)F)c3)C2=O)c1. The quantitative estimate of drug-likeness (QED) is 0.664. The molecule has 0 bridgehead atoms. The topological polar surface area (TPSA) is 63.4 Å². The summed E-state index contributed by atoms with van der Waals surface area (Å²) < 4.78 is 38.5. The first-order valence-corrected chi connectivity index (χ1v) is 8.20. The van der Waals surface area contributed by atoms with E-state index in [4.69, 9.17) is 5.73 Å². The highest BCUT2D eigenvalue weighted by atomic mass is 32.2. The van der Waals surface area contributed by atoms with Crippen molar-refractivity contribution in [2.75, 3.05) is 10.6 Å². The van der Waals surface area contributed by atoms with Crippen molar-refractivity contribution in [2.45, 2.75) is 22.7 Å². The fourth-order valence-electron chi connectivity index (χ4n) is 2.54. The predicted octanol–water partition coefficient (Wildman–Crippen LogP) is 3.71. The van der Waals surface area contributed by atoms with Gasteiger partial charge in [0.15, 0.2) is 0 Å². The number of alkyl halides is 3. The normalized spacial score (nSPS) is 18.0. The molecule has 1 aliphatic rings. The minimum absolute atomic E-state index is 0.0690. The van der Waals surface area contributed by atoms with Crippen LogP contribution in [0.5, 0.6) is 0 Å². The van der Waals surface area contributed by atoms with Crippen molar-refractivity contribution in [3.63, 3.8) is 0 Å². The summed E-state index contributed by atoms with van der Waals surface area (Å²) >= 11 is 1.17. The van der Waals surface area contributed by atoms with E-state index in [1.54, 1.807) is 24.3 Å². The maximum absolute atomic E-state index is 12.8. The zero-order chi connectivity index (χ0) is 18.2. The molecule has 2 N–H and O–H groups in total. The summed E-state index contributed by atoms with van der Waals surface area (Å²) in [6, 6.07) is 11.1. The Morgan fingerprint density at radius 3 is 2.48 bits per heavy atom. The molecule has 4 nitrogen and oxygen atoms in total. The maximum atomic E-state index is 12.8. The molecule has 1 atom stereocenters. The number of anilines is 2. The molecule has 0 aromatic heterocycles. The highest BCUT2D eigenvalue weighted by Crippen LogP contribution is 2.36. The van der Waals surface area contributed by atoms with E-state index in [-0.39, 0.29) is 12.1 Å². The molecule has 0 radical (unpaired) electrons. The lowest BCUT2D eigenvalue weighted by atomic mass is 10.2. The van der Waals surface area contributed by atoms with E-state index >= 15 is 0 Å². The second-order valence-corrected chi connectivity index (χ2v) is 6.77. The average Bonchev–Trinajstić information content (AvgIpc) is 2.81. The highest BCUT2D eigenvalue weighted by molar-refractivity contribution is 8.00. The van der Waals surface area contributed by atoms with Crippen LogP contribution in [-0.4, -0.2) is 17.1 Å². The number of nitrogens with two attached hydrogens (primary N) is 1. The van der Waals surface area contributed by atoms with Gasteiger partial charge in [-0.3, -0.25) is 9.59 Å². The van der Waals surface area contributed by atoms with Crippen molar-refractivity contribution in [2.24, 2.45) is 0 Å². The van der Waals surface area contributed by atoms with Gasteiger partial charge in [-0.15, -0.1) is 11.8 Å². The van der Waals surface area contributed by atoms with Crippen molar-refractivity contribution < 1.29 is 22.8 Å². The summed E-state index contributed by atoms with van der Waals surface area (Å²) in [5.41, 5.74) is 5.24.